The monoisotopic (exact) mass is 524 g/mol. The second-order valence-corrected chi connectivity index (χ2v) is 9.66. The first-order chi connectivity index (χ1) is 16.9. The Kier molecular flexibility index (Phi) is 8.81. The molecule has 36 heavy (non-hydrogen) atoms. The number of hydrogen-bond donors (Lipinski definition) is 2. The maximum absolute atomic E-state index is 13.1. The first kappa shape index (κ1) is 27.7. The zero-order valence-electron chi connectivity index (χ0n) is 20.0. The highest BCUT2D eigenvalue weighted by atomic mass is 35.5. The third-order valence-electron chi connectivity index (χ3n) is 6.47. The van der Waals surface area contributed by atoms with Crippen molar-refractivity contribution in [1.82, 2.24) is 5.32 Å². The molecule has 0 spiro atoms. The lowest BCUT2D eigenvalue weighted by molar-refractivity contribution is -0.149. The minimum atomic E-state index is -4.48. The number of amides is 1. The van der Waals surface area contributed by atoms with E-state index in [9.17, 15) is 27.6 Å². The molecule has 1 heterocycles. The number of carbonyl (C=O) groups excluding carboxylic acids is 3. The van der Waals surface area contributed by atoms with Crippen LogP contribution in [0.2, 0.25) is 0 Å². The smallest absolute Gasteiger partial charge is 0.351 e. The minimum Gasteiger partial charge on any atom is -0.351 e. The molecule has 0 bridgehead atoms. The van der Waals surface area contributed by atoms with E-state index in [-0.39, 0.29) is 55.9 Å². The van der Waals surface area contributed by atoms with Crippen molar-refractivity contribution in [3.63, 3.8) is 0 Å². The van der Waals surface area contributed by atoms with Crippen LogP contribution in [0.1, 0.15) is 54.7 Å². The van der Waals surface area contributed by atoms with Crippen molar-refractivity contribution in [3.05, 3.63) is 28.8 Å². The Balaban J connectivity index is 1.64. The molecule has 0 saturated heterocycles. The van der Waals surface area contributed by atoms with Gasteiger partial charge in [-0.25, -0.2) is 0 Å². The highest BCUT2D eigenvalue weighted by Gasteiger charge is 2.43. The molecule has 1 aliphatic carbocycles. The molecule has 0 radical (unpaired) electrons. The summed E-state index contributed by atoms with van der Waals surface area (Å²) in [5.41, 5.74) is 2.57. The van der Waals surface area contributed by atoms with Gasteiger partial charge in [-0.2, -0.15) is 13.2 Å². The summed E-state index contributed by atoms with van der Waals surface area (Å²) in [6.45, 7) is 3.65. The largest absolute Gasteiger partial charge is 0.410 e. The molecule has 4 unspecified atom stereocenters. The topological polar surface area (TPSA) is 112 Å². The second kappa shape index (κ2) is 11.5. The van der Waals surface area contributed by atoms with E-state index in [2.05, 4.69) is 15.3 Å². The molecular formula is C25H28ClF3N4O3. The fourth-order valence-electron chi connectivity index (χ4n) is 4.74. The summed E-state index contributed by atoms with van der Waals surface area (Å²) in [6.07, 6.45) is -1.50. The molecule has 1 aliphatic heterocycles. The SMILES string of the molecule is Cc1cc(N=CC(Cl)C=N)cc(C)c1C1C(=O)CC(CCNC(=O)C2=NC(C(F)(F)F)CCC2)C1=O. The number of rotatable bonds is 8. The van der Waals surface area contributed by atoms with Crippen LogP contribution < -0.4 is 5.32 Å². The van der Waals surface area contributed by atoms with Crippen molar-refractivity contribution in [2.45, 2.75) is 69.5 Å². The zero-order chi connectivity index (χ0) is 26.6. The molecule has 1 aromatic rings. The number of halogens is 4. The van der Waals surface area contributed by atoms with Gasteiger partial charge in [0.1, 0.15) is 28.8 Å². The summed E-state index contributed by atoms with van der Waals surface area (Å²) in [7, 11) is 0. The lowest BCUT2D eigenvalue weighted by atomic mass is 9.87. The number of benzene rings is 1. The lowest BCUT2D eigenvalue weighted by Gasteiger charge is -2.22. The second-order valence-electron chi connectivity index (χ2n) is 9.16. The summed E-state index contributed by atoms with van der Waals surface area (Å²) >= 11 is 5.85. The van der Waals surface area contributed by atoms with Gasteiger partial charge in [0.05, 0.1) is 5.69 Å². The number of aryl methyl sites for hydroxylation is 2. The number of hydrogen-bond acceptors (Lipinski definition) is 6. The normalized spacial score (nSPS) is 23.6. The Hall–Kier alpha value is -2.88. The van der Waals surface area contributed by atoms with Crippen LogP contribution >= 0.6 is 11.6 Å². The van der Waals surface area contributed by atoms with Gasteiger partial charge in [-0.15, -0.1) is 11.6 Å². The van der Waals surface area contributed by atoms with E-state index in [0.29, 0.717) is 11.3 Å². The standard InChI is InChI=1S/C25H28ClF3N4O3/c1-13-8-17(32-12-16(26)11-30)9-14(2)21(13)22-19(34)10-15(23(22)35)6-7-31-24(36)18-4-3-5-20(33-18)25(27,28)29/h8-9,11-12,15-16,20,22,30H,3-7,10H2,1-2H3,(H,31,36). The summed E-state index contributed by atoms with van der Waals surface area (Å²) < 4.78 is 38.8. The van der Waals surface area contributed by atoms with Crippen LogP contribution in [-0.4, -0.2) is 59.8 Å². The molecule has 1 aromatic carbocycles. The van der Waals surface area contributed by atoms with Gasteiger partial charge in [0.15, 0.2) is 5.78 Å². The predicted octanol–water partition coefficient (Wildman–Crippen LogP) is 4.57. The molecule has 194 valence electrons. The Morgan fingerprint density at radius 1 is 1.31 bits per heavy atom. The fraction of sp³-hybridized carbons (Fsp3) is 0.520. The average molecular weight is 525 g/mol. The van der Waals surface area contributed by atoms with Gasteiger partial charge in [0, 0.05) is 31.3 Å². The Labute approximate surface area is 212 Å². The number of aliphatic imine (C=N–C) groups is 2. The molecule has 2 aliphatic rings. The third kappa shape index (κ3) is 6.46. The highest BCUT2D eigenvalue weighted by molar-refractivity contribution is 6.39. The molecule has 3 rings (SSSR count). The number of alkyl halides is 4. The summed E-state index contributed by atoms with van der Waals surface area (Å²) in [4.78, 5) is 46.1. The van der Waals surface area contributed by atoms with E-state index < -0.39 is 35.3 Å². The van der Waals surface area contributed by atoms with Gasteiger partial charge in [-0.3, -0.25) is 24.4 Å². The maximum Gasteiger partial charge on any atom is 0.410 e. The highest BCUT2D eigenvalue weighted by Crippen LogP contribution is 2.38. The maximum atomic E-state index is 13.1. The number of carbonyl (C=O) groups is 3. The number of nitrogens with one attached hydrogen (secondary N) is 2. The van der Waals surface area contributed by atoms with Gasteiger partial charge >= 0.3 is 6.18 Å². The van der Waals surface area contributed by atoms with E-state index in [1.165, 1.54) is 6.21 Å². The molecule has 7 nitrogen and oxygen atoms in total. The Morgan fingerprint density at radius 3 is 2.58 bits per heavy atom. The zero-order valence-corrected chi connectivity index (χ0v) is 20.7. The van der Waals surface area contributed by atoms with E-state index in [1.54, 1.807) is 26.0 Å². The number of ketones is 2. The van der Waals surface area contributed by atoms with Crippen molar-refractivity contribution in [1.29, 1.82) is 5.41 Å². The quantitative estimate of drug-likeness (QED) is 0.295. The van der Waals surface area contributed by atoms with Crippen molar-refractivity contribution in [3.8, 4) is 0 Å². The van der Waals surface area contributed by atoms with E-state index in [1.807, 2.05) is 0 Å². The Bertz CT molecular complexity index is 1090. The van der Waals surface area contributed by atoms with Gasteiger partial charge < -0.3 is 10.7 Å². The van der Waals surface area contributed by atoms with Crippen LogP contribution in [0.4, 0.5) is 18.9 Å². The average Bonchev–Trinajstić information content (AvgIpc) is 3.09. The number of Topliss-reactive ketones (excluding diaryl/α,β-unsaturated/α-hetero) is 2. The predicted molar refractivity (Wildman–Crippen MR) is 132 cm³/mol. The van der Waals surface area contributed by atoms with Gasteiger partial charge in [0.25, 0.3) is 5.91 Å². The lowest BCUT2D eigenvalue weighted by Crippen LogP contribution is -2.38. The molecular weight excluding hydrogens is 497 g/mol. The van der Waals surface area contributed by atoms with Crippen LogP contribution in [0.5, 0.6) is 0 Å². The molecule has 4 atom stereocenters. The van der Waals surface area contributed by atoms with Gasteiger partial charge in [0.2, 0.25) is 0 Å². The summed E-state index contributed by atoms with van der Waals surface area (Å²) in [5.74, 6) is -2.58. The van der Waals surface area contributed by atoms with Crippen LogP contribution in [0.3, 0.4) is 0 Å². The van der Waals surface area contributed by atoms with Crippen LogP contribution in [-0.2, 0) is 14.4 Å². The van der Waals surface area contributed by atoms with E-state index in [4.69, 9.17) is 17.0 Å². The summed E-state index contributed by atoms with van der Waals surface area (Å²) in [6, 6.07) is 1.64. The molecule has 11 heteroatoms. The number of nitrogens with zero attached hydrogens (tertiary/aromatic N) is 2. The van der Waals surface area contributed by atoms with Gasteiger partial charge in [-0.05, 0) is 68.4 Å². The van der Waals surface area contributed by atoms with Gasteiger partial charge in [-0.1, -0.05) is 0 Å². The third-order valence-corrected chi connectivity index (χ3v) is 6.71. The molecule has 1 amide bonds. The fourth-order valence-corrected chi connectivity index (χ4v) is 4.79. The van der Waals surface area contributed by atoms with Crippen molar-refractivity contribution < 1.29 is 27.6 Å². The molecule has 1 saturated carbocycles. The molecule has 2 N–H and O–H groups in total. The van der Waals surface area contributed by atoms with E-state index in [0.717, 1.165) is 17.3 Å². The molecule has 0 aromatic heterocycles. The first-order valence-electron chi connectivity index (χ1n) is 11.7. The minimum absolute atomic E-state index is 0.0442. The van der Waals surface area contributed by atoms with E-state index >= 15 is 0 Å². The van der Waals surface area contributed by atoms with Crippen molar-refractivity contribution in [2.24, 2.45) is 15.9 Å². The Morgan fingerprint density at radius 2 is 1.97 bits per heavy atom. The van der Waals surface area contributed by atoms with Crippen LogP contribution in [0.15, 0.2) is 22.1 Å². The summed E-state index contributed by atoms with van der Waals surface area (Å²) in [5, 5.41) is 9.05. The van der Waals surface area contributed by atoms with Crippen molar-refractivity contribution >= 4 is 52.9 Å². The van der Waals surface area contributed by atoms with Crippen LogP contribution in [0.25, 0.3) is 0 Å². The first-order valence-corrected chi connectivity index (χ1v) is 12.1. The molecule has 1 fully saturated rings. The van der Waals surface area contributed by atoms with Crippen molar-refractivity contribution in [2.75, 3.05) is 6.54 Å². The van der Waals surface area contributed by atoms with Crippen LogP contribution in [0, 0.1) is 25.2 Å².